The number of carbonyl (C=O) groups is 2. The molecule has 8 heteroatoms. The first-order chi connectivity index (χ1) is 13.6. The van der Waals surface area contributed by atoms with Gasteiger partial charge < -0.3 is 24.2 Å². The van der Waals surface area contributed by atoms with Crippen LogP contribution in [-0.2, 0) is 20.9 Å². The first-order valence-corrected chi connectivity index (χ1v) is 9.56. The van der Waals surface area contributed by atoms with Crippen molar-refractivity contribution < 1.29 is 28.9 Å². The molecule has 0 aliphatic carbocycles. The fraction of sp³-hybridized carbons (Fsp3) is 0.500. The minimum atomic E-state index is -0.961. The maximum atomic E-state index is 13.0. The second-order valence-corrected chi connectivity index (χ2v) is 7.63. The van der Waals surface area contributed by atoms with Crippen molar-refractivity contribution in [2.75, 3.05) is 33.0 Å². The van der Waals surface area contributed by atoms with Gasteiger partial charge in [0.2, 0.25) is 12.7 Å². The molecule has 0 aromatic heterocycles. The van der Waals surface area contributed by atoms with Gasteiger partial charge >= 0.3 is 5.97 Å². The minimum Gasteiger partial charge on any atom is -0.481 e. The fourth-order valence-electron chi connectivity index (χ4n) is 4.53. The van der Waals surface area contributed by atoms with E-state index < -0.39 is 30.0 Å². The zero-order valence-electron chi connectivity index (χ0n) is 15.3. The summed E-state index contributed by atoms with van der Waals surface area (Å²) in [7, 11) is 0. The number of ether oxygens (including phenoxy) is 3. The molecular weight excluding hydrogens is 364 g/mol. The molecule has 1 N–H and O–H groups in total. The number of rotatable bonds is 4. The molecule has 0 unspecified atom stereocenters. The van der Waals surface area contributed by atoms with E-state index in [1.165, 1.54) is 0 Å². The van der Waals surface area contributed by atoms with Crippen LogP contribution in [0.4, 0.5) is 0 Å². The molecule has 4 aliphatic heterocycles. The van der Waals surface area contributed by atoms with E-state index in [1.54, 1.807) is 11.0 Å². The lowest BCUT2D eigenvalue weighted by Crippen LogP contribution is -2.52. The number of benzene rings is 1. The highest BCUT2D eigenvalue weighted by atomic mass is 16.7. The van der Waals surface area contributed by atoms with Gasteiger partial charge in [0, 0.05) is 32.7 Å². The Morgan fingerprint density at radius 3 is 2.46 bits per heavy atom. The lowest BCUT2D eigenvalue weighted by atomic mass is 9.82. The Hall–Kier alpha value is -2.58. The van der Waals surface area contributed by atoms with E-state index in [0.29, 0.717) is 13.1 Å². The summed E-state index contributed by atoms with van der Waals surface area (Å²) in [6.07, 6.45) is 2.69. The Labute approximate surface area is 162 Å². The third-order valence-corrected chi connectivity index (χ3v) is 6.00. The molecule has 2 saturated heterocycles. The van der Waals surface area contributed by atoms with Gasteiger partial charge in [0.15, 0.2) is 11.5 Å². The standard InChI is InChI=1S/C20H22N2O6/c23-19(17-14-3-4-15(28-14)18(17)20(24)25)22-7-5-21(6-8-22)10-12-1-2-13-16(9-12)27-11-26-13/h1-4,9,14-15,17-18H,5-8,10-11H2,(H,24,25)/t14-,15-,17-,18+/m1/s1. The van der Waals surface area contributed by atoms with Crippen LogP contribution in [0.15, 0.2) is 30.4 Å². The number of nitrogens with zero attached hydrogens (tertiary/aromatic N) is 2. The number of aliphatic carboxylic acids is 1. The summed E-state index contributed by atoms with van der Waals surface area (Å²) in [5, 5.41) is 9.51. The van der Waals surface area contributed by atoms with Crippen LogP contribution in [0.3, 0.4) is 0 Å². The van der Waals surface area contributed by atoms with E-state index in [-0.39, 0.29) is 12.7 Å². The molecule has 4 atom stereocenters. The van der Waals surface area contributed by atoms with E-state index >= 15 is 0 Å². The highest BCUT2D eigenvalue weighted by Crippen LogP contribution is 2.40. The number of amides is 1. The molecule has 2 fully saturated rings. The van der Waals surface area contributed by atoms with Crippen molar-refractivity contribution in [1.29, 1.82) is 0 Å². The van der Waals surface area contributed by atoms with Crippen LogP contribution in [0.2, 0.25) is 0 Å². The fourth-order valence-corrected chi connectivity index (χ4v) is 4.53. The van der Waals surface area contributed by atoms with Crippen LogP contribution >= 0.6 is 0 Å². The SMILES string of the molecule is O=C(O)[C@@H]1[C@H](C(=O)N2CCN(Cc3ccc4c(c3)OCO4)CC2)[C@H]2C=C[C@H]1O2. The van der Waals surface area contributed by atoms with Crippen molar-refractivity contribution in [3.63, 3.8) is 0 Å². The van der Waals surface area contributed by atoms with E-state index in [1.807, 2.05) is 24.3 Å². The number of carboxylic acids is 1. The van der Waals surface area contributed by atoms with Crippen LogP contribution in [0.1, 0.15) is 5.56 Å². The summed E-state index contributed by atoms with van der Waals surface area (Å²) < 4.78 is 16.4. The molecule has 0 radical (unpaired) electrons. The monoisotopic (exact) mass is 386 g/mol. The molecule has 4 heterocycles. The molecule has 0 saturated carbocycles. The van der Waals surface area contributed by atoms with Gasteiger partial charge in [-0.25, -0.2) is 0 Å². The predicted molar refractivity (Wildman–Crippen MR) is 96.8 cm³/mol. The molecule has 2 bridgehead atoms. The highest BCUT2D eigenvalue weighted by Gasteiger charge is 2.54. The Morgan fingerprint density at radius 1 is 1.00 bits per heavy atom. The topological polar surface area (TPSA) is 88.5 Å². The van der Waals surface area contributed by atoms with Gasteiger partial charge in [-0.2, -0.15) is 0 Å². The molecule has 1 aromatic rings. The number of hydrogen-bond donors (Lipinski definition) is 1. The van der Waals surface area contributed by atoms with Gasteiger partial charge in [-0.05, 0) is 17.7 Å². The number of carboxylic acid groups (broad SMARTS) is 1. The third kappa shape index (κ3) is 2.93. The molecular formula is C20H22N2O6. The summed E-state index contributed by atoms with van der Waals surface area (Å²) in [4.78, 5) is 28.7. The zero-order valence-corrected chi connectivity index (χ0v) is 15.3. The van der Waals surface area contributed by atoms with Crippen LogP contribution in [0.5, 0.6) is 11.5 Å². The van der Waals surface area contributed by atoms with Crippen molar-refractivity contribution in [3.8, 4) is 11.5 Å². The predicted octanol–water partition coefficient (Wildman–Crippen LogP) is 0.714. The van der Waals surface area contributed by atoms with Crippen LogP contribution in [-0.4, -0.2) is 72.0 Å². The van der Waals surface area contributed by atoms with Crippen LogP contribution in [0.25, 0.3) is 0 Å². The van der Waals surface area contributed by atoms with Crippen molar-refractivity contribution in [2.24, 2.45) is 11.8 Å². The number of fused-ring (bicyclic) bond motifs is 3. The van der Waals surface area contributed by atoms with E-state index in [4.69, 9.17) is 14.2 Å². The Morgan fingerprint density at radius 2 is 1.71 bits per heavy atom. The quantitative estimate of drug-likeness (QED) is 0.763. The number of hydrogen-bond acceptors (Lipinski definition) is 6. The first-order valence-electron chi connectivity index (χ1n) is 9.56. The second-order valence-electron chi connectivity index (χ2n) is 7.63. The van der Waals surface area contributed by atoms with Gasteiger partial charge in [0.1, 0.15) is 5.92 Å². The largest absolute Gasteiger partial charge is 0.481 e. The number of piperazine rings is 1. The van der Waals surface area contributed by atoms with Gasteiger partial charge in [0.25, 0.3) is 0 Å². The molecule has 5 rings (SSSR count). The lowest BCUT2D eigenvalue weighted by molar-refractivity contribution is -0.150. The average molecular weight is 386 g/mol. The van der Waals surface area contributed by atoms with E-state index in [2.05, 4.69) is 4.90 Å². The van der Waals surface area contributed by atoms with Crippen molar-refractivity contribution in [1.82, 2.24) is 9.80 Å². The highest BCUT2D eigenvalue weighted by molar-refractivity contribution is 5.87. The molecule has 1 amide bonds. The second kappa shape index (κ2) is 6.79. The van der Waals surface area contributed by atoms with Gasteiger partial charge in [-0.15, -0.1) is 0 Å². The zero-order chi connectivity index (χ0) is 19.3. The maximum Gasteiger partial charge on any atom is 0.310 e. The summed E-state index contributed by atoms with van der Waals surface area (Å²) >= 11 is 0. The van der Waals surface area contributed by atoms with Crippen LogP contribution in [0, 0.1) is 11.8 Å². The van der Waals surface area contributed by atoms with Crippen LogP contribution < -0.4 is 9.47 Å². The Balaban J connectivity index is 1.20. The minimum absolute atomic E-state index is 0.105. The summed E-state index contributed by atoms with van der Waals surface area (Å²) in [5.74, 6) is -0.921. The normalized spacial score (nSPS) is 30.8. The van der Waals surface area contributed by atoms with Crippen molar-refractivity contribution in [3.05, 3.63) is 35.9 Å². The molecule has 1 aromatic carbocycles. The Bertz CT molecular complexity index is 832. The smallest absolute Gasteiger partial charge is 0.310 e. The summed E-state index contributed by atoms with van der Waals surface area (Å²) in [6, 6.07) is 5.95. The van der Waals surface area contributed by atoms with Gasteiger partial charge in [0.05, 0.1) is 18.1 Å². The molecule has 8 nitrogen and oxygen atoms in total. The molecule has 28 heavy (non-hydrogen) atoms. The summed E-state index contributed by atoms with van der Waals surface area (Å²) in [6.45, 7) is 3.71. The molecule has 148 valence electrons. The number of carbonyl (C=O) groups excluding carboxylic acids is 1. The van der Waals surface area contributed by atoms with E-state index in [9.17, 15) is 14.7 Å². The third-order valence-electron chi connectivity index (χ3n) is 6.00. The van der Waals surface area contributed by atoms with E-state index in [0.717, 1.165) is 36.7 Å². The molecule has 4 aliphatic rings. The van der Waals surface area contributed by atoms with Crippen molar-refractivity contribution >= 4 is 11.9 Å². The van der Waals surface area contributed by atoms with Crippen molar-refractivity contribution in [2.45, 2.75) is 18.8 Å². The lowest BCUT2D eigenvalue weighted by Gasteiger charge is -2.37. The average Bonchev–Trinajstić information content (AvgIpc) is 3.43. The maximum absolute atomic E-state index is 13.0. The van der Waals surface area contributed by atoms with Gasteiger partial charge in [-0.1, -0.05) is 18.2 Å². The first kappa shape index (κ1) is 17.5. The Kier molecular flexibility index (Phi) is 4.25. The molecule has 0 spiro atoms. The van der Waals surface area contributed by atoms with Gasteiger partial charge in [-0.3, -0.25) is 14.5 Å². The summed E-state index contributed by atoms with van der Waals surface area (Å²) in [5.41, 5.74) is 1.14.